The molecule has 2 aromatic carbocycles. The zero-order valence-electron chi connectivity index (χ0n) is 22.5. The van der Waals surface area contributed by atoms with Gasteiger partial charge in [0.25, 0.3) is 0 Å². The lowest BCUT2D eigenvalue weighted by atomic mass is 9.76. The normalized spacial score (nSPS) is 22.1. The van der Waals surface area contributed by atoms with Gasteiger partial charge in [-0.05, 0) is 76.3 Å². The average Bonchev–Trinajstić information content (AvgIpc) is 3.38. The van der Waals surface area contributed by atoms with Crippen molar-refractivity contribution in [3.05, 3.63) is 87.8 Å². The van der Waals surface area contributed by atoms with Gasteiger partial charge in [-0.25, -0.2) is 13.8 Å². The largest absolute Gasteiger partial charge is 0.449 e. The molecule has 1 aromatic heterocycles. The van der Waals surface area contributed by atoms with Gasteiger partial charge in [0.05, 0.1) is 36.1 Å². The predicted octanol–water partition coefficient (Wildman–Crippen LogP) is 5.04. The topological polar surface area (TPSA) is 70.3 Å². The Morgan fingerprint density at radius 2 is 1.90 bits per heavy atom. The minimum atomic E-state index is -1.53. The molecule has 1 amide bonds. The highest BCUT2D eigenvalue weighted by Crippen LogP contribution is 2.47. The molecule has 2 aliphatic heterocycles. The number of rotatable bonds is 7. The maximum Gasteiger partial charge on any atom is 0.249 e. The standard InChI is InChI=1S/C29H31ClF2N4O3/c1-17-6-8-20(18(2)12-17)26-25(23-10-11-24(30)39-23)28(3,27(37)33-29(14-35(4)5)15-38-16-29)36(34-26)22-9-7-19(31)13-21(22)32/h6-13,25H,14-16H2,1-5H3,(H,33,37). The van der Waals surface area contributed by atoms with Gasteiger partial charge in [-0.1, -0.05) is 23.8 Å². The van der Waals surface area contributed by atoms with Crippen molar-refractivity contribution in [1.82, 2.24) is 10.2 Å². The van der Waals surface area contributed by atoms with E-state index in [0.717, 1.165) is 28.8 Å². The molecule has 3 heterocycles. The summed E-state index contributed by atoms with van der Waals surface area (Å²) in [7, 11) is 3.83. The molecule has 0 spiro atoms. The Morgan fingerprint density at radius 1 is 1.15 bits per heavy atom. The van der Waals surface area contributed by atoms with Crippen molar-refractivity contribution >= 4 is 28.9 Å². The van der Waals surface area contributed by atoms with E-state index in [0.29, 0.717) is 31.2 Å². The van der Waals surface area contributed by atoms with Crippen LogP contribution in [0.2, 0.25) is 5.22 Å². The summed E-state index contributed by atoms with van der Waals surface area (Å²) >= 11 is 6.20. The maximum absolute atomic E-state index is 15.3. The van der Waals surface area contributed by atoms with Crippen LogP contribution in [0.1, 0.15) is 35.3 Å². The first-order valence-corrected chi connectivity index (χ1v) is 13.0. The number of ether oxygens (including phenoxy) is 1. The molecule has 3 aromatic rings. The smallest absolute Gasteiger partial charge is 0.249 e. The van der Waals surface area contributed by atoms with Crippen LogP contribution in [0.25, 0.3) is 0 Å². The van der Waals surface area contributed by atoms with Crippen LogP contribution in [0, 0.1) is 25.5 Å². The lowest BCUT2D eigenvalue weighted by molar-refractivity contribution is -0.139. The first kappa shape index (κ1) is 27.3. The van der Waals surface area contributed by atoms with Crippen molar-refractivity contribution in [2.45, 2.75) is 37.8 Å². The zero-order valence-corrected chi connectivity index (χ0v) is 23.3. The highest BCUT2D eigenvalue weighted by Gasteiger charge is 2.58. The Hall–Kier alpha value is -3.27. The number of carbonyl (C=O) groups excluding carboxylic acids is 1. The number of hydrogen-bond acceptors (Lipinski definition) is 6. The molecular weight excluding hydrogens is 526 g/mol. The van der Waals surface area contributed by atoms with Crippen molar-refractivity contribution < 1.29 is 22.7 Å². The number of carbonyl (C=O) groups is 1. The number of amides is 1. The molecule has 39 heavy (non-hydrogen) atoms. The van der Waals surface area contributed by atoms with E-state index < -0.39 is 34.5 Å². The van der Waals surface area contributed by atoms with E-state index >= 15 is 4.39 Å². The lowest BCUT2D eigenvalue weighted by Gasteiger charge is -2.46. The molecule has 206 valence electrons. The Morgan fingerprint density at radius 3 is 2.46 bits per heavy atom. The quantitative estimate of drug-likeness (QED) is 0.441. The molecule has 5 rings (SSSR count). The minimum absolute atomic E-state index is 0.0389. The zero-order chi connectivity index (χ0) is 28.1. The summed E-state index contributed by atoms with van der Waals surface area (Å²) in [5.74, 6) is -2.37. The van der Waals surface area contributed by atoms with E-state index in [-0.39, 0.29) is 10.9 Å². The number of nitrogens with zero attached hydrogens (tertiary/aromatic N) is 3. The van der Waals surface area contributed by atoms with E-state index in [4.69, 9.17) is 25.9 Å². The van der Waals surface area contributed by atoms with E-state index in [1.165, 1.54) is 11.1 Å². The van der Waals surface area contributed by atoms with Crippen molar-refractivity contribution in [2.75, 3.05) is 38.9 Å². The molecule has 0 bridgehead atoms. The molecule has 1 fully saturated rings. The number of furan rings is 1. The van der Waals surface area contributed by atoms with Gasteiger partial charge in [0.2, 0.25) is 5.91 Å². The molecule has 0 radical (unpaired) electrons. The fourth-order valence-electron chi connectivity index (χ4n) is 5.57. The molecule has 10 heteroatoms. The number of anilines is 1. The Kier molecular flexibility index (Phi) is 7.03. The second kappa shape index (κ2) is 10.0. The van der Waals surface area contributed by atoms with Gasteiger partial charge in [-0.15, -0.1) is 0 Å². The number of hydrogen-bond donors (Lipinski definition) is 1. The molecule has 7 nitrogen and oxygen atoms in total. The monoisotopic (exact) mass is 556 g/mol. The van der Waals surface area contributed by atoms with Crippen LogP contribution in [-0.4, -0.2) is 61.5 Å². The number of hydrazone groups is 1. The second-order valence-corrected chi connectivity index (χ2v) is 11.3. The minimum Gasteiger partial charge on any atom is -0.449 e. The van der Waals surface area contributed by atoms with Crippen LogP contribution in [-0.2, 0) is 9.53 Å². The van der Waals surface area contributed by atoms with Crippen LogP contribution in [0.15, 0.2) is 58.0 Å². The summed E-state index contributed by atoms with van der Waals surface area (Å²) in [6.07, 6.45) is 0. The van der Waals surface area contributed by atoms with Gasteiger partial charge in [-0.2, -0.15) is 5.10 Å². The van der Waals surface area contributed by atoms with Crippen molar-refractivity contribution in [3.8, 4) is 0 Å². The summed E-state index contributed by atoms with van der Waals surface area (Å²) in [5.41, 5.74) is 1.07. The van der Waals surface area contributed by atoms with Crippen LogP contribution >= 0.6 is 11.6 Å². The summed E-state index contributed by atoms with van der Waals surface area (Å²) in [6.45, 7) is 6.84. The van der Waals surface area contributed by atoms with Crippen LogP contribution in [0.3, 0.4) is 0 Å². The van der Waals surface area contributed by atoms with E-state index in [2.05, 4.69) is 5.32 Å². The third-order valence-corrected chi connectivity index (χ3v) is 7.57. The molecule has 0 aliphatic carbocycles. The number of benzene rings is 2. The molecule has 1 saturated heterocycles. The fraction of sp³-hybridized carbons (Fsp3) is 0.379. The predicted molar refractivity (Wildman–Crippen MR) is 146 cm³/mol. The van der Waals surface area contributed by atoms with Crippen LogP contribution < -0.4 is 10.3 Å². The van der Waals surface area contributed by atoms with Crippen molar-refractivity contribution in [3.63, 3.8) is 0 Å². The van der Waals surface area contributed by atoms with Gasteiger partial charge >= 0.3 is 0 Å². The second-order valence-electron chi connectivity index (χ2n) is 10.9. The SMILES string of the molecule is Cc1ccc(C2=NN(c3ccc(F)cc3F)C(C)(C(=O)NC3(CN(C)C)COC3)C2c2ccc(Cl)o2)c(C)c1. The molecule has 2 atom stereocenters. The Labute approximate surface area is 231 Å². The van der Waals surface area contributed by atoms with Crippen LogP contribution in [0.5, 0.6) is 0 Å². The number of nitrogens with one attached hydrogen (secondary N) is 1. The fourth-order valence-corrected chi connectivity index (χ4v) is 5.72. The number of aryl methyl sites for hydroxylation is 2. The van der Waals surface area contributed by atoms with E-state index in [9.17, 15) is 9.18 Å². The molecular formula is C29H31ClF2N4O3. The summed E-state index contributed by atoms with van der Waals surface area (Å²) in [4.78, 5) is 16.4. The third kappa shape index (κ3) is 4.83. The van der Waals surface area contributed by atoms with Gasteiger partial charge in [0, 0.05) is 18.2 Å². The number of halogens is 3. The maximum atomic E-state index is 15.3. The Balaban J connectivity index is 1.71. The summed E-state index contributed by atoms with van der Waals surface area (Å²) in [6, 6.07) is 12.4. The molecule has 2 aliphatic rings. The van der Waals surface area contributed by atoms with Crippen LogP contribution in [0.4, 0.5) is 14.5 Å². The van der Waals surface area contributed by atoms with Gasteiger partial charge in [-0.3, -0.25) is 4.79 Å². The Bertz CT molecular complexity index is 1450. The summed E-state index contributed by atoms with van der Waals surface area (Å²) in [5, 5.41) is 9.54. The van der Waals surface area contributed by atoms with E-state index in [1.807, 2.05) is 51.0 Å². The van der Waals surface area contributed by atoms with Gasteiger partial charge < -0.3 is 19.4 Å². The van der Waals surface area contributed by atoms with Gasteiger partial charge in [0.15, 0.2) is 16.6 Å². The molecule has 1 N–H and O–H groups in total. The first-order valence-electron chi connectivity index (χ1n) is 12.7. The first-order chi connectivity index (χ1) is 18.4. The molecule has 2 unspecified atom stereocenters. The summed E-state index contributed by atoms with van der Waals surface area (Å²) < 4.78 is 40.7. The lowest BCUT2D eigenvalue weighted by Crippen LogP contribution is -2.71. The van der Waals surface area contributed by atoms with Crippen molar-refractivity contribution in [1.29, 1.82) is 0 Å². The third-order valence-electron chi connectivity index (χ3n) is 7.37. The van der Waals surface area contributed by atoms with E-state index in [1.54, 1.807) is 19.1 Å². The highest BCUT2D eigenvalue weighted by molar-refractivity contribution is 6.28. The highest BCUT2D eigenvalue weighted by atomic mass is 35.5. The van der Waals surface area contributed by atoms with Gasteiger partial charge in [0.1, 0.15) is 11.6 Å². The number of likely N-dealkylation sites (N-methyl/N-ethyl adjacent to an activating group) is 1. The molecule has 0 saturated carbocycles. The van der Waals surface area contributed by atoms with Crippen molar-refractivity contribution in [2.24, 2.45) is 5.10 Å². The average molecular weight is 557 g/mol.